The van der Waals surface area contributed by atoms with E-state index < -0.39 is 24.3 Å². The molecule has 2 fully saturated rings. The minimum atomic E-state index is -5.08. The molecule has 216 valence electrons. The average Bonchev–Trinajstić information content (AvgIpc) is 2.83. The van der Waals surface area contributed by atoms with Crippen LogP contribution < -0.4 is 4.90 Å². The number of benzene rings is 1. The third-order valence-electron chi connectivity index (χ3n) is 5.69. The van der Waals surface area contributed by atoms with E-state index in [-0.39, 0.29) is 11.7 Å². The molecule has 0 spiro atoms. The van der Waals surface area contributed by atoms with E-state index in [4.69, 9.17) is 19.8 Å². The summed E-state index contributed by atoms with van der Waals surface area (Å²) < 4.78 is 76.5. The number of carboxylic acids is 2. The van der Waals surface area contributed by atoms with Crippen LogP contribution in [0.2, 0.25) is 0 Å². The minimum absolute atomic E-state index is 0.209. The molecule has 0 aromatic heterocycles. The number of amides is 1. The van der Waals surface area contributed by atoms with Gasteiger partial charge in [-0.25, -0.2) is 14.0 Å². The summed E-state index contributed by atoms with van der Waals surface area (Å²) in [5.74, 6) is -4.69. The first kappa shape index (κ1) is 32.9. The Labute approximate surface area is 214 Å². The van der Waals surface area contributed by atoms with Gasteiger partial charge in [-0.3, -0.25) is 4.79 Å². The second-order valence-corrected chi connectivity index (χ2v) is 8.75. The van der Waals surface area contributed by atoms with Gasteiger partial charge in [0.2, 0.25) is 5.91 Å². The molecular formula is C23H30F7N3O5. The summed E-state index contributed by atoms with van der Waals surface area (Å²) in [5.41, 5.74) is 1.03. The second kappa shape index (κ2) is 14.7. The number of hydrogen-bond donors (Lipinski definition) is 2. The highest BCUT2D eigenvalue weighted by Gasteiger charge is 2.38. The van der Waals surface area contributed by atoms with Crippen LogP contribution in [0, 0.1) is 11.7 Å². The number of alkyl halides is 6. The fourth-order valence-electron chi connectivity index (χ4n) is 3.77. The molecule has 38 heavy (non-hydrogen) atoms. The van der Waals surface area contributed by atoms with Crippen molar-refractivity contribution in [1.82, 2.24) is 9.80 Å². The van der Waals surface area contributed by atoms with E-state index in [1.54, 1.807) is 0 Å². The average molecular weight is 561 g/mol. The van der Waals surface area contributed by atoms with Gasteiger partial charge >= 0.3 is 24.3 Å². The standard InChI is InChI=1S/C19H28FN3O.2C2HF3O2/c1-16-3-2-9-21(15-16)10-8-19(24)23-13-11-22(12-14-23)18-6-4-17(20)5-7-18;2*3-2(4,5)1(6)7/h4-7,16H,2-3,8-15H2,1H3;2*(H,6,7). The van der Waals surface area contributed by atoms with E-state index in [2.05, 4.69) is 16.7 Å². The highest BCUT2D eigenvalue weighted by Crippen LogP contribution is 2.19. The van der Waals surface area contributed by atoms with E-state index in [0.717, 1.165) is 57.4 Å². The zero-order valence-corrected chi connectivity index (χ0v) is 20.6. The Morgan fingerprint density at radius 3 is 1.76 bits per heavy atom. The number of piperazine rings is 1. The van der Waals surface area contributed by atoms with Crippen LogP contribution in [0.15, 0.2) is 24.3 Å². The lowest BCUT2D eigenvalue weighted by atomic mass is 10.0. The quantitative estimate of drug-likeness (QED) is 0.539. The van der Waals surface area contributed by atoms with Crippen molar-refractivity contribution >= 4 is 23.5 Å². The van der Waals surface area contributed by atoms with Crippen LogP contribution in [0.4, 0.5) is 36.4 Å². The lowest BCUT2D eigenvalue weighted by Crippen LogP contribution is -2.49. The smallest absolute Gasteiger partial charge is 0.475 e. The summed E-state index contributed by atoms with van der Waals surface area (Å²) >= 11 is 0. The summed E-state index contributed by atoms with van der Waals surface area (Å²) in [6.07, 6.45) is -6.97. The molecule has 1 atom stereocenters. The molecule has 1 amide bonds. The lowest BCUT2D eigenvalue weighted by molar-refractivity contribution is -0.193. The van der Waals surface area contributed by atoms with Crippen molar-refractivity contribution in [3.05, 3.63) is 30.1 Å². The SMILES string of the molecule is CC1CCCN(CCC(=O)N2CCN(c3ccc(F)cc3)CC2)C1.O=C(O)C(F)(F)F.O=C(O)C(F)(F)F. The first-order chi connectivity index (χ1) is 17.5. The Bertz CT molecular complexity index is 878. The molecule has 2 heterocycles. The van der Waals surface area contributed by atoms with E-state index in [1.807, 2.05) is 17.0 Å². The van der Waals surface area contributed by atoms with Crippen LogP contribution in [0.5, 0.6) is 0 Å². The first-order valence-corrected chi connectivity index (χ1v) is 11.6. The topological polar surface area (TPSA) is 101 Å². The molecule has 1 unspecified atom stereocenters. The number of carbonyl (C=O) groups excluding carboxylic acids is 1. The van der Waals surface area contributed by atoms with Gasteiger partial charge in [0.25, 0.3) is 0 Å². The highest BCUT2D eigenvalue weighted by molar-refractivity contribution is 5.76. The Morgan fingerprint density at radius 1 is 0.868 bits per heavy atom. The van der Waals surface area contributed by atoms with Crippen LogP contribution in [-0.2, 0) is 14.4 Å². The summed E-state index contributed by atoms with van der Waals surface area (Å²) in [4.78, 5) is 36.9. The monoisotopic (exact) mass is 561 g/mol. The maximum absolute atomic E-state index is 13.0. The molecule has 2 aliphatic rings. The number of carboxylic acid groups (broad SMARTS) is 2. The maximum Gasteiger partial charge on any atom is 0.490 e. The zero-order valence-electron chi connectivity index (χ0n) is 20.6. The summed E-state index contributed by atoms with van der Waals surface area (Å²) in [5, 5.41) is 14.2. The zero-order chi connectivity index (χ0) is 29.1. The Hall–Kier alpha value is -3.10. The predicted molar refractivity (Wildman–Crippen MR) is 122 cm³/mol. The van der Waals surface area contributed by atoms with Crippen LogP contribution in [0.3, 0.4) is 0 Å². The molecule has 3 rings (SSSR count). The van der Waals surface area contributed by atoms with Gasteiger partial charge < -0.3 is 24.9 Å². The largest absolute Gasteiger partial charge is 0.490 e. The lowest BCUT2D eigenvalue weighted by Gasteiger charge is -2.37. The molecule has 0 radical (unpaired) electrons. The first-order valence-electron chi connectivity index (χ1n) is 11.6. The molecule has 15 heteroatoms. The fraction of sp³-hybridized carbons (Fsp3) is 0.609. The van der Waals surface area contributed by atoms with Gasteiger partial charge in [0.05, 0.1) is 0 Å². The number of piperidine rings is 1. The third kappa shape index (κ3) is 12.4. The van der Waals surface area contributed by atoms with Gasteiger partial charge in [0.15, 0.2) is 0 Å². The van der Waals surface area contributed by atoms with Crippen LogP contribution in [0.1, 0.15) is 26.2 Å². The number of rotatable bonds is 4. The molecule has 1 aromatic carbocycles. The number of hydrogen-bond acceptors (Lipinski definition) is 5. The number of anilines is 1. The van der Waals surface area contributed by atoms with E-state index in [9.17, 15) is 35.5 Å². The summed E-state index contributed by atoms with van der Waals surface area (Å²) in [6, 6.07) is 6.60. The van der Waals surface area contributed by atoms with Gasteiger partial charge in [-0.05, 0) is 49.6 Å². The molecule has 0 aliphatic carbocycles. The molecule has 2 aliphatic heterocycles. The van der Waals surface area contributed by atoms with Crippen molar-refractivity contribution in [2.75, 3.05) is 50.7 Å². The van der Waals surface area contributed by atoms with Crippen molar-refractivity contribution in [3.8, 4) is 0 Å². The molecule has 2 saturated heterocycles. The third-order valence-corrected chi connectivity index (χ3v) is 5.69. The van der Waals surface area contributed by atoms with Crippen molar-refractivity contribution < 1.29 is 55.3 Å². The van der Waals surface area contributed by atoms with Gasteiger partial charge in [0, 0.05) is 51.4 Å². The van der Waals surface area contributed by atoms with Crippen molar-refractivity contribution in [3.63, 3.8) is 0 Å². The number of likely N-dealkylation sites (tertiary alicyclic amines) is 1. The second-order valence-electron chi connectivity index (χ2n) is 8.75. The Balaban J connectivity index is 0.000000426. The molecule has 1 aromatic rings. The fourth-order valence-corrected chi connectivity index (χ4v) is 3.77. The van der Waals surface area contributed by atoms with E-state index in [1.165, 1.54) is 25.0 Å². The molecule has 0 bridgehead atoms. The maximum atomic E-state index is 13.0. The summed E-state index contributed by atoms with van der Waals surface area (Å²) in [7, 11) is 0. The van der Waals surface area contributed by atoms with Gasteiger partial charge in [-0.1, -0.05) is 6.92 Å². The highest BCUT2D eigenvalue weighted by atomic mass is 19.4. The van der Waals surface area contributed by atoms with E-state index >= 15 is 0 Å². The number of nitrogens with zero attached hydrogens (tertiary/aromatic N) is 3. The number of aliphatic carboxylic acids is 2. The Morgan fingerprint density at radius 2 is 1.34 bits per heavy atom. The number of halogens is 7. The minimum Gasteiger partial charge on any atom is -0.475 e. The normalized spacial score (nSPS) is 18.5. The van der Waals surface area contributed by atoms with Crippen LogP contribution in [0.25, 0.3) is 0 Å². The number of carbonyl (C=O) groups is 3. The molecular weight excluding hydrogens is 531 g/mol. The van der Waals surface area contributed by atoms with Crippen molar-refractivity contribution in [2.24, 2.45) is 5.92 Å². The Kier molecular flexibility index (Phi) is 12.8. The van der Waals surface area contributed by atoms with Crippen molar-refractivity contribution in [1.29, 1.82) is 0 Å². The van der Waals surface area contributed by atoms with Gasteiger partial charge in [0.1, 0.15) is 5.82 Å². The summed E-state index contributed by atoms with van der Waals surface area (Å²) in [6.45, 7) is 8.60. The molecule has 2 N–H and O–H groups in total. The van der Waals surface area contributed by atoms with Crippen LogP contribution >= 0.6 is 0 Å². The van der Waals surface area contributed by atoms with Gasteiger partial charge in [-0.15, -0.1) is 0 Å². The molecule has 8 nitrogen and oxygen atoms in total. The van der Waals surface area contributed by atoms with Crippen LogP contribution in [-0.4, -0.2) is 96.0 Å². The predicted octanol–water partition coefficient (Wildman–Crippen LogP) is 3.86. The van der Waals surface area contributed by atoms with Gasteiger partial charge in [-0.2, -0.15) is 26.3 Å². The van der Waals surface area contributed by atoms with E-state index in [0.29, 0.717) is 6.42 Å². The van der Waals surface area contributed by atoms with Crippen molar-refractivity contribution in [2.45, 2.75) is 38.5 Å². The molecule has 0 saturated carbocycles.